The van der Waals surface area contributed by atoms with Gasteiger partial charge in [-0.3, -0.25) is 9.69 Å². The van der Waals surface area contributed by atoms with Crippen LogP contribution in [0.3, 0.4) is 0 Å². The molecule has 1 saturated heterocycles. The molecule has 0 amide bonds. The van der Waals surface area contributed by atoms with Crippen molar-refractivity contribution in [2.45, 2.75) is 32.7 Å². The van der Waals surface area contributed by atoms with Crippen molar-refractivity contribution in [2.24, 2.45) is 5.41 Å². The van der Waals surface area contributed by atoms with E-state index in [1.165, 1.54) is 0 Å². The first-order chi connectivity index (χ1) is 13.6. The second-order valence-corrected chi connectivity index (χ2v) is 7.70. The van der Waals surface area contributed by atoms with Crippen LogP contribution in [0.4, 0.5) is 0 Å². The van der Waals surface area contributed by atoms with Gasteiger partial charge in [-0.1, -0.05) is 11.6 Å². The van der Waals surface area contributed by atoms with Gasteiger partial charge in [-0.25, -0.2) is 4.98 Å². The van der Waals surface area contributed by atoms with Crippen LogP contribution in [0.5, 0.6) is 0 Å². The fraction of sp³-hybridized carbons (Fsp3) is 0.524. The summed E-state index contributed by atoms with van der Waals surface area (Å²) in [7, 11) is 1.67. The van der Waals surface area contributed by atoms with Crippen LogP contribution in [0.2, 0.25) is 5.02 Å². The highest BCUT2D eigenvalue weighted by Crippen LogP contribution is 2.36. The summed E-state index contributed by atoms with van der Waals surface area (Å²) in [6.07, 6.45) is 6.13. The Morgan fingerprint density at radius 3 is 2.93 bits per heavy atom. The van der Waals surface area contributed by atoms with Crippen molar-refractivity contribution >= 4 is 17.6 Å². The van der Waals surface area contributed by atoms with Gasteiger partial charge in [0, 0.05) is 44.9 Å². The van der Waals surface area contributed by atoms with Gasteiger partial charge in [-0.05, 0) is 57.0 Å². The average molecular weight is 406 g/mol. The molecule has 1 aliphatic rings. The van der Waals surface area contributed by atoms with Crippen molar-refractivity contribution in [1.82, 2.24) is 14.5 Å². The van der Waals surface area contributed by atoms with Gasteiger partial charge in [0.2, 0.25) is 0 Å². The first-order valence-electron chi connectivity index (χ1n) is 9.74. The first-order valence-corrected chi connectivity index (χ1v) is 10.1. The van der Waals surface area contributed by atoms with E-state index in [1.807, 2.05) is 31.3 Å². The molecular formula is C21H28ClN3O3. The lowest BCUT2D eigenvalue weighted by atomic mass is 9.77. The van der Waals surface area contributed by atoms with Crippen LogP contribution in [0.1, 0.15) is 31.9 Å². The van der Waals surface area contributed by atoms with Gasteiger partial charge < -0.3 is 14.0 Å². The molecule has 28 heavy (non-hydrogen) atoms. The predicted octanol–water partition coefficient (Wildman–Crippen LogP) is 3.71. The number of ether oxygens (including phenoxy) is 2. The minimum absolute atomic E-state index is 0.105. The molecule has 3 rings (SSSR count). The van der Waals surface area contributed by atoms with E-state index in [4.69, 9.17) is 21.1 Å². The molecule has 1 aliphatic heterocycles. The Hall–Kier alpha value is -1.89. The maximum Gasteiger partial charge on any atom is 0.313 e. The molecule has 0 aromatic carbocycles. The Morgan fingerprint density at radius 2 is 2.21 bits per heavy atom. The number of piperidine rings is 1. The van der Waals surface area contributed by atoms with Crippen molar-refractivity contribution in [3.63, 3.8) is 0 Å². The van der Waals surface area contributed by atoms with Crippen LogP contribution in [-0.4, -0.2) is 53.8 Å². The number of likely N-dealkylation sites (tertiary alicyclic amines) is 1. The molecule has 0 spiro atoms. The topological polar surface area (TPSA) is 56.6 Å². The summed E-state index contributed by atoms with van der Waals surface area (Å²) in [5, 5.41) is 0.617. The highest BCUT2D eigenvalue weighted by Gasteiger charge is 2.43. The van der Waals surface area contributed by atoms with E-state index in [0.717, 1.165) is 37.4 Å². The van der Waals surface area contributed by atoms with Crippen LogP contribution in [-0.2, 0) is 20.8 Å². The van der Waals surface area contributed by atoms with E-state index in [2.05, 4.69) is 20.5 Å². The predicted molar refractivity (Wildman–Crippen MR) is 109 cm³/mol. The molecule has 152 valence electrons. The summed E-state index contributed by atoms with van der Waals surface area (Å²) in [6.45, 7) is 5.18. The number of halogens is 1. The van der Waals surface area contributed by atoms with E-state index >= 15 is 0 Å². The minimum Gasteiger partial charge on any atom is -0.466 e. The maximum atomic E-state index is 12.8. The summed E-state index contributed by atoms with van der Waals surface area (Å²) in [6, 6.07) is 7.85. The number of rotatable bonds is 8. The van der Waals surface area contributed by atoms with Gasteiger partial charge in [-0.2, -0.15) is 0 Å². The molecule has 0 N–H and O–H groups in total. The molecule has 6 nitrogen and oxygen atoms in total. The third-order valence-corrected chi connectivity index (χ3v) is 5.55. The standard InChI is InChI=1S/C21H28ClN3O3/c1-3-28-20(26)21(10-13-27-2)9-5-11-24(16-21)15-18-6-4-12-25(18)19-8-7-17(22)14-23-19/h4,6-8,12,14H,3,5,9-11,13,15-16H2,1-2H3/t21-/m0/s1. The Kier molecular flexibility index (Phi) is 7.10. The summed E-state index contributed by atoms with van der Waals surface area (Å²) in [5.74, 6) is 0.726. The number of hydrogen-bond acceptors (Lipinski definition) is 5. The van der Waals surface area contributed by atoms with E-state index < -0.39 is 5.41 Å². The molecule has 1 atom stereocenters. The number of hydrogen-bond donors (Lipinski definition) is 0. The monoisotopic (exact) mass is 405 g/mol. The Morgan fingerprint density at radius 1 is 1.36 bits per heavy atom. The summed E-state index contributed by atoms with van der Waals surface area (Å²) in [5.41, 5.74) is 0.626. The maximum absolute atomic E-state index is 12.8. The lowest BCUT2D eigenvalue weighted by Gasteiger charge is -2.41. The van der Waals surface area contributed by atoms with Crippen LogP contribution in [0.15, 0.2) is 36.7 Å². The number of aromatic nitrogens is 2. The van der Waals surface area contributed by atoms with Crippen LogP contribution in [0.25, 0.3) is 5.82 Å². The molecule has 0 bridgehead atoms. The number of methoxy groups -OCH3 is 1. The number of nitrogens with zero attached hydrogens (tertiary/aromatic N) is 3. The highest BCUT2D eigenvalue weighted by atomic mass is 35.5. The molecule has 0 saturated carbocycles. The normalized spacial score (nSPS) is 20.2. The zero-order valence-corrected chi connectivity index (χ0v) is 17.3. The van der Waals surface area contributed by atoms with Crippen LogP contribution in [0, 0.1) is 5.41 Å². The molecule has 0 radical (unpaired) electrons. The largest absolute Gasteiger partial charge is 0.466 e. The molecule has 7 heteroatoms. The quantitative estimate of drug-likeness (QED) is 0.626. The molecule has 2 aromatic heterocycles. The fourth-order valence-electron chi connectivity index (χ4n) is 3.92. The van der Waals surface area contributed by atoms with Crippen molar-refractivity contribution in [2.75, 3.05) is 33.4 Å². The van der Waals surface area contributed by atoms with Gasteiger partial charge in [0.25, 0.3) is 0 Å². The molecule has 0 aliphatic carbocycles. The SMILES string of the molecule is CCOC(=O)[C@]1(CCOC)CCCN(Cc2cccn2-c2ccc(Cl)cn2)C1. The first kappa shape index (κ1) is 20.8. The third kappa shape index (κ3) is 4.74. The lowest BCUT2D eigenvalue weighted by molar-refractivity contribution is -0.160. The van der Waals surface area contributed by atoms with Gasteiger partial charge in [0.1, 0.15) is 5.82 Å². The van der Waals surface area contributed by atoms with Gasteiger partial charge >= 0.3 is 5.97 Å². The molecular weight excluding hydrogens is 378 g/mol. The lowest BCUT2D eigenvalue weighted by Crippen LogP contribution is -2.49. The zero-order valence-electron chi connectivity index (χ0n) is 16.6. The van der Waals surface area contributed by atoms with Crippen molar-refractivity contribution in [3.05, 3.63) is 47.4 Å². The fourth-order valence-corrected chi connectivity index (χ4v) is 4.04. The molecule has 0 unspecified atom stereocenters. The molecule has 3 heterocycles. The van der Waals surface area contributed by atoms with Gasteiger partial charge in [0.15, 0.2) is 0 Å². The van der Waals surface area contributed by atoms with E-state index in [1.54, 1.807) is 13.3 Å². The van der Waals surface area contributed by atoms with Gasteiger partial charge in [-0.15, -0.1) is 0 Å². The Bertz CT molecular complexity index is 777. The van der Waals surface area contributed by atoms with Crippen molar-refractivity contribution in [3.8, 4) is 5.82 Å². The third-order valence-electron chi connectivity index (χ3n) is 5.33. The average Bonchev–Trinajstić information content (AvgIpc) is 3.15. The second kappa shape index (κ2) is 9.54. The Labute approximate surface area is 171 Å². The van der Waals surface area contributed by atoms with E-state index in [0.29, 0.717) is 31.2 Å². The number of pyridine rings is 1. The van der Waals surface area contributed by atoms with E-state index in [9.17, 15) is 4.79 Å². The van der Waals surface area contributed by atoms with Crippen LogP contribution < -0.4 is 0 Å². The number of carbonyl (C=O) groups is 1. The second-order valence-electron chi connectivity index (χ2n) is 7.26. The molecule has 2 aromatic rings. The summed E-state index contributed by atoms with van der Waals surface area (Å²) >= 11 is 5.96. The highest BCUT2D eigenvalue weighted by molar-refractivity contribution is 6.30. The van der Waals surface area contributed by atoms with Crippen molar-refractivity contribution in [1.29, 1.82) is 0 Å². The minimum atomic E-state index is -0.500. The van der Waals surface area contributed by atoms with Gasteiger partial charge in [0.05, 0.1) is 17.0 Å². The Balaban J connectivity index is 1.77. The number of carbonyl (C=O) groups excluding carboxylic acids is 1. The van der Waals surface area contributed by atoms with Crippen molar-refractivity contribution < 1.29 is 14.3 Å². The zero-order chi connectivity index (χ0) is 20.0. The summed E-state index contributed by atoms with van der Waals surface area (Å²) < 4.78 is 12.8. The summed E-state index contributed by atoms with van der Waals surface area (Å²) in [4.78, 5) is 19.5. The smallest absolute Gasteiger partial charge is 0.313 e. The van der Waals surface area contributed by atoms with Crippen LogP contribution >= 0.6 is 11.6 Å². The molecule has 1 fully saturated rings. The number of esters is 1. The van der Waals surface area contributed by atoms with E-state index in [-0.39, 0.29) is 5.97 Å².